The highest BCUT2D eigenvalue weighted by Gasteiger charge is 2.30. The van der Waals surface area contributed by atoms with Gasteiger partial charge >= 0.3 is 6.18 Å². The fraction of sp³-hybridized carbons (Fsp3) is 0.333. The summed E-state index contributed by atoms with van der Waals surface area (Å²) in [6.45, 7) is 0.520. The maximum Gasteiger partial charge on any atom is 0.416 e. The average Bonchev–Trinajstić information content (AvgIpc) is 2.34. The van der Waals surface area contributed by atoms with Gasteiger partial charge in [-0.1, -0.05) is 6.07 Å². The van der Waals surface area contributed by atoms with E-state index in [1.807, 2.05) is 0 Å². The predicted molar refractivity (Wildman–Crippen MR) is 61.9 cm³/mol. The summed E-state index contributed by atoms with van der Waals surface area (Å²) >= 11 is 0. The highest BCUT2D eigenvalue weighted by Crippen LogP contribution is 2.31. The number of fused-ring (bicyclic) bond motifs is 1. The number of halogens is 3. The molecule has 0 unspecified atom stereocenters. The summed E-state index contributed by atoms with van der Waals surface area (Å²) in [4.78, 5) is 7.97. The summed E-state index contributed by atoms with van der Waals surface area (Å²) in [6, 6.07) is 3.52. The lowest BCUT2D eigenvalue weighted by molar-refractivity contribution is -0.137. The Morgan fingerprint density at radius 1 is 1.17 bits per heavy atom. The van der Waals surface area contributed by atoms with Gasteiger partial charge in [0, 0.05) is 5.39 Å². The Labute approximate surface area is 102 Å². The first-order valence-corrected chi connectivity index (χ1v) is 5.53. The third kappa shape index (κ3) is 2.59. The van der Waals surface area contributed by atoms with Gasteiger partial charge in [0.2, 0.25) is 0 Å². The van der Waals surface area contributed by atoms with E-state index in [1.165, 1.54) is 12.4 Å². The molecule has 3 nitrogen and oxygen atoms in total. The molecule has 0 spiro atoms. The van der Waals surface area contributed by atoms with Crippen molar-refractivity contribution in [1.29, 1.82) is 0 Å². The van der Waals surface area contributed by atoms with E-state index in [1.54, 1.807) is 0 Å². The minimum Gasteiger partial charge on any atom is -0.330 e. The zero-order valence-corrected chi connectivity index (χ0v) is 9.54. The van der Waals surface area contributed by atoms with Crippen LogP contribution in [0.1, 0.15) is 17.7 Å². The number of hydrogen-bond acceptors (Lipinski definition) is 3. The lowest BCUT2D eigenvalue weighted by Crippen LogP contribution is -2.06. The molecule has 0 saturated heterocycles. The van der Waals surface area contributed by atoms with Gasteiger partial charge in [-0.2, -0.15) is 13.2 Å². The van der Waals surface area contributed by atoms with Gasteiger partial charge in [-0.3, -0.25) is 0 Å². The molecule has 1 heterocycles. The van der Waals surface area contributed by atoms with E-state index < -0.39 is 11.7 Å². The van der Waals surface area contributed by atoms with E-state index in [0.29, 0.717) is 23.9 Å². The fourth-order valence-electron chi connectivity index (χ4n) is 1.76. The molecule has 18 heavy (non-hydrogen) atoms. The number of hydrogen-bond donors (Lipinski definition) is 1. The van der Waals surface area contributed by atoms with Crippen LogP contribution in [0.2, 0.25) is 0 Å². The second-order valence-electron chi connectivity index (χ2n) is 3.94. The molecule has 1 aromatic heterocycles. The highest BCUT2D eigenvalue weighted by molar-refractivity contribution is 5.81. The molecular formula is C12H12F3N3. The first kappa shape index (κ1) is 12.8. The number of nitrogens with zero attached hydrogens (tertiary/aromatic N) is 2. The van der Waals surface area contributed by atoms with Gasteiger partial charge in [-0.15, -0.1) is 0 Å². The van der Waals surface area contributed by atoms with Crippen molar-refractivity contribution < 1.29 is 13.2 Å². The van der Waals surface area contributed by atoms with Gasteiger partial charge in [-0.05, 0) is 31.5 Å². The zero-order chi connectivity index (χ0) is 13.2. The van der Waals surface area contributed by atoms with Crippen LogP contribution < -0.4 is 5.73 Å². The Morgan fingerprint density at radius 3 is 2.61 bits per heavy atom. The summed E-state index contributed by atoms with van der Waals surface area (Å²) in [5.41, 5.74) is 5.76. The van der Waals surface area contributed by atoms with Gasteiger partial charge in [0.1, 0.15) is 6.33 Å². The average molecular weight is 255 g/mol. The lowest BCUT2D eigenvalue weighted by Gasteiger charge is -2.09. The van der Waals surface area contributed by atoms with Crippen molar-refractivity contribution in [2.45, 2.75) is 19.0 Å². The van der Waals surface area contributed by atoms with Crippen LogP contribution in [0.5, 0.6) is 0 Å². The molecule has 2 rings (SSSR count). The van der Waals surface area contributed by atoms with Gasteiger partial charge in [-0.25, -0.2) is 9.97 Å². The molecule has 0 aliphatic rings. The van der Waals surface area contributed by atoms with Gasteiger partial charge in [0.15, 0.2) is 0 Å². The highest BCUT2D eigenvalue weighted by atomic mass is 19.4. The smallest absolute Gasteiger partial charge is 0.330 e. The van der Waals surface area contributed by atoms with Crippen LogP contribution >= 0.6 is 0 Å². The molecule has 1 aromatic carbocycles. The molecular weight excluding hydrogens is 243 g/mol. The maximum absolute atomic E-state index is 12.6. The Bertz CT molecular complexity index is 552. The van der Waals surface area contributed by atoms with Crippen LogP contribution in [0.15, 0.2) is 24.5 Å². The number of benzene rings is 1. The van der Waals surface area contributed by atoms with E-state index in [9.17, 15) is 13.2 Å². The van der Waals surface area contributed by atoms with Crippen LogP contribution in [0.25, 0.3) is 10.9 Å². The van der Waals surface area contributed by atoms with Crippen molar-refractivity contribution >= 4 is 10.9 Å². The van der Waals surface area contributed by atoms with Crippen molar-refractivity contribution in [3.8, 4) is 0 Å². The molecule has 0 aliphatic heterocycles. The lowest BCUT2D eigenvalue weighted by atomic mass is 10.1. The molecule has 0 saturated carbocycles. The summed E-state index contributed by atoms with van der Waals surface area (Å²) in [5.74, 6) is 0. The fourth-order valence-corrected chi connectivity index (χ4v) is 1.76. The minimum atomic E-state index is -4.35. The summed E-state index contributed by atoms with van der Waals surface area (Å²) in [7, 11) is 0. The molecule has 0 fully saturated rings. The monoisotopic (exact) mass is 255 g/mol. The normalized spacial score (nSPS) is 12.0. The Morgan fingerprint density at radius 2 is 1.94 bits per heavy atom. The number of nitrogens with two attached hydrogens (primary N) is 1. The molecule has 2 N–H and O–H groups in total. The topological polar surface area (TPSA) is 51.8 Å². The quantitative estimate of drug-likeness (QED) is 0.916. The van der Waals surface area contributed by atoms with E-state index in [4.69, 9.17) is 5.73 Å². The first-order valence-electron chi connectivity index (χ1n) is 5.53. The largest absolute Gasteiger partial charge is 0.416 e. The molecule has 96 valence electrons. The molecule has 0 amide bonds. The van der Waals surface area contributed by atoms with Crippen LogP contribution in [0.3, 0.4) is 0 Å². The number of alkyl halides is 3. The van der Waals surface area contributed by atoms with Crippen molar-refractivity contribution in [2.75, 3.05) is 6.54 Å². The third-order valence-corrected chi connectivity index (χ3v) is 2.66. The molecule has 0 aliphatic carbocycles. The van der Waals surface area contributed by atoms with Gasteiger partial charge in [0.05, 0.1) is 16.8 Å². The third-order valence-electron chi connectivity index (χ3n) is 2.66. The van der Waals surface area contributed by atoms with Crippen LogP contribution in [-0.4, -0.2) is 16.5 Å². The predicted octanol–water partition coefficient (Wildman–Crippen LogP) is 2.54. The molecule has 0 radical (unpaired) electrons. The van der Waals surface area contributed by atoms with Crippen LogP contribution in [0, 0.1) is 0 Å². The standard InChI is InChI=1S/C12H12F3N3/c13-12(14,15)8-3-4-9-10(2-1-5-16)17-7-18-11(9)6-8/h3-4,6-7H,1-2,5,16H2. The Balaban J connectivity index is 2.46. The Kier molecular flexibility index (Phi) is 3.47. The maximum atomic E-state index is 12.6. The zero-order valence-electron chi connectivity index (χ0n) is 9.54. The summed E-state index contributed by atoms with van der Waals surface area (Å²) < 4.78 is 37.7. The number of aryl methyl sites for hydroxylation is 1. The molecule has 0 bridgehead atoms. The molecule has 2 aromatic rings. The minimum absolute atomic E-state index is 0.312. The second kappa shape index (κ2) is 4.89. The Hall–Kier alpha value is -1.69. The number of aromatic nitrogens is 2. The van der Waals surface area contributed by atoms with Crippen molar-refractivity contribution in [2.24, 2.45) is 5.73 Å². The first-order chi connectivity index (χ1) is 8.52. The van der Waals surface area contributed by atoms with Crippen molar-refractivity contribution in [3.05, 3.63) is 35.8 Å². The summed E-state index contributed by atoms with van der Waals surface area (Å²) in [6.07, 6.45) is -1.68. The van der Waals surface area contributed by atoms with E-state index in [-0.39, 0.29) is 0 Å². The van der Waals surface area contributed by atoms with Crippen LogP contribution in [0.4, 0.5) is 13.2 Å². The SMILES string of the molecule is NCCCc1ncnc2cc(C(F)(F)F)ccc12. The van der Waals surface area contributed by atoms with E-state index in [0.717, 1.165) is 24.2 Å². The summed E-state index contributed by atoms with van der Waals surface area (Å²) in [5, 5.41) is 0.652. The van der Waals surface area contributed by atoms with Gasteiger partial charge < -0.3 is 5.73 Å². The number of rotatable bonds is 3. The van der Waals surface area contributed by atoms with E-state index in [2.05, 4.69) is 9.97 Å². The molecule has 0 atom stereocenters. The van der Waals surface area contributed by atoms with Gasteiger partial charge in [0.25, 0.3) is 0 Å². The van der Waals surface area contributed by atoms with E-state index >= 15 is 0 Å². The molecule has 6 heteroatoms. The second-order valence-corrected chi connectivity index (χ2v) is 3.94. The van der Waals surface area contributed by atoms with Crippen LogP contribution in [-0.2, 0) is 12.6 Å². The van der Waals surface area contributed by atoms with Crippen molar-refractivity contribution in [3.63, 3.8) is 0 Å². The van der Waals surface area contributed by atoms with Crippen molar-refractivity contribution in [1.82, 2.24) is 9.97 Å².